The van der Waals surface area contributed by atoms with Crippen LogP contribution in [0.1, 0.15) is 17.8 Å². The summed E-state index contributed by atoms with van der Waals surface area (Å²) >= 11 is 6.32. The molecule has 0 bridgehead atoms. The minimum Gasteiger partial charge on any atom is -0.370 e. The maximum Gasteiger partial charge on any atom is 0.258 e. The lowest BCUT2D eigenvalue weighted by molar-refractivity contribution is 0.656. The predicted molar refractivity (Wildman–Crippen MR) is 97.0 cm³/mol. The number of aromatic nitrogens is 2. The second-order valence-corrected chi connectivity index (χ2v) is 5.76. The van der Waals surface area contributed by atoms with Crippen molar-refractivity contribution in [1.82, 2.24) is 15.3 Å². The molecule has 24 heavy (non-hydrogen) atoms. The Morgan fingerprint density at radius 1 is 1.42 bits per heavy atom. The van der Waals surface area contributed by atoms with Crippen LogP contribution in [-0.2, 0) is 6.54 Å². The largest absolute Gasteiger partial charge is 0.370 e. The summed E-state index contributed by atoms with van der Waals surface area (Å²) < 4.78 is 0. The minimum absolute atomic E-state index is 0.106. The molecular formula is C16H21ClN6O. The maximum atomic E-state index is 12.0. The Bertz CT molecular complexity index is 782. The van der Waals surface area contributed by atoms with E-state index in [2.05, 4.69) is 20.3 Å². The first-order chi connectivity index (χ1) is 11.5. The second-order valence-electron chi connectivity index (χ2n) is 5.35. The summed E-state index contributed by atoms with van der Waals surface area (Å²) in [6.45, 7) is 3.73. The Morgan fingerprint density at radius 2 is 2.21 bits per heavy atom. The van der Waals surface area contributed by atoms with Crippen molar-refractivity contribution in [2.75, 3.05) is 13.1 Å². The number of nitrogens with two attached hydrogens (primary N) is 2. The molecule has 0 fully saturated rings. The number of benzene rings is 1. The summed E-state index contributed by atoms with van der Waals surface area (Å²) in [5.74, 6) is 0.686. The standard InChI is InChI=1S/C16H21ClN6O/c1-10-22-9-13(15(24)23-10)11-3-4-12(14(17)7-11)8-20-5-2-6-21-16(18)19/h3-4,7,9,20H,2,5-6,8H2,1H3,(H4,18,19,21)(H,22,23,24). The van der Waals surface area contributed by atoms with E-state index < -0.39 is 0 Å². The van der Waals surface area contributed by atoms with Crippen molar-refractivity contribution in [3.63, 3.8) is 0 Å². The highest BCUT2D eigenvalue weighted by Crippen LogP contribution is 2.23. The first kappa shape index (κ1) is 18.0. The lowest BCUT2D eigenvalue weighted by Crippen LogP contribution is -2.23. The summed E-state index contributed by atoms with van der Waals surface area (Å²) in [7, 11) is 0. The summed E-state index contributed by atoms with van der Waals surface area (Å²) in [6.07, 6.45) is 2.39. The number of aromatic amines is 1. The molecule has 0 amide bonds. The topological polar surface area (TPSA) is 122 Å². The third-order valence-corrected chi connectivity index (χ3v) is 3.76. The van der Waals surface area contributed by atoms with Gasteiger partial charge in [-0.2, -0.15) is 0 Å². The molecule has 0 radical (unpaired) electrons. The lowest BCUT2D eigenvalue weighted by atomic mass is 10.1. The van der Waals surface area contributed by atoms with E-state index in [1.807, 2.05) is 12.1 Å². The van der Waals surface area contributed by atoms with Gasteiger partial charge in [0.25, 0.3) is 5.56 Å². The second kappa shape index (κ2) is 8.47. The predicted octanol–water partition coefficient (Wildman–Crippen LogP) is 1.15. The Balaban J connectivity index is 1.97. The van der Waals surface area contributed by atoms with Gasteiger partial charge in [0, 0.05) is 24.3 Å². The quantitative estimate of drug-likeness (QED) is 0.339. The number of halogens is 1. The zero-order valence-electron chi connectivity index (χ0n) is 13.5. The number of hydrogen-bond donors (Lipinski definition) is 4. The molecule has 0 atom stereocenters. The van der Waals surface area contributed by atoms with Crippen molar-refractivity contribution in [2.24, 2.45) is 16.5 Å². The third kappa shape index (κ3) is 5.07. The molecule has 0 unspecified atom stereocenters. The molecule has 2 aromatic rings. The summed E-state index contributed by atoms with van der Waals surface area (Å²) in [6, 6.07) is 5.55. The zero-order valence-corrected chi connectivity index (χ0v) is 14.2. The molecule has 1 heterocycles. The van der Waals surface area contributed by atoms with E-state index in [-0.39, 0.29) is 11.5 Å². The Kier molecular flexibility index (Phi) is 6.34. The molecule has 0 saturated carbocycles. The number of rotatable bonds is 7. The summed E-state index contributed by atoms with van der Waals surface area (Å²) in [5, 5.41) is 3.88. The Labute approximate surface area is 145 Å². The van der Waals surface area contributed by atoms with Crippen molar-refractivity contribution >= 4 is 17.6 Å². The number of nitrogens with zero attached hydrogens (tertiary/aromatic N) is 2. The highest BCUT2D eigenvalue weighted by atomic mass is 35.5. The third-order valence-electron chi connectivity index (χ3n) is 3.41. The average molecular weight is 349 g/mol. The monoisotopic (exact) mass is 348 g/mol. The average Bonchev–Trinajstić information content (AvgIpc) is 2.51. The van der Waals surface area contributed by atoms with Crippen molar-refractivity contribution in [3.8, 4) is 11.1 Å². The fourth-order valence-corrected chi connectivity index (χ4v) is 2.43. The van der Waals surface area contributed by atoms with Crippen molar-refractivity contribution in [3.05, 3.63) is 51.2 Å². The first-order valence-electron chi connectivity index (χ1n) is 7.58. The summed E-state index contributed by atoms with van der Waals surface area (Å²) in [5.41, 5.74) is 12.5. The molecule has 0 aliphatic carbocycles. The number of aryl methyl sites for hydroxylation is 1. The van der Waals surface area contributed by atoms with Gasteiger partial charge in [0.1, 0.15) is 5.82 Å². The molecule has 1 aromatic carbocycles. The molecular weight excluding hydrogens is 328 g/mol. The molecule has 8 heteroatoms. The maximum absolute atomic E-state index is 12.0. The van der Waals surface area contributed by atoms with Gasteiger partial charge in [0.15, 0.2) is 5.96 Å². The fourth-order valence-electron chi connectivity index (χ4n) is 2.18. The van der Waals surface area contributed by atoms with E-state index in [1.54, 1.807) is 19.2 Å². The first-order valence-corrected chi connectivity index (χ1v) is 7.96. The van der Waals surface area contributed by atoms with Gasteiger partial charge in [0.2, 0.25) is 0 Å². The van der Waals surface area contributed by atoms with Crippen LogP contribution in [0.2, 0.25) is 5.02 Å². The molecule has 0 saturated heterocycles. The van der Waals surface area contributed by atoms with Crippen LogP contribution in [0.25, 0.3) is 11.1 Å². The Morgan fingerprint density at radius 3 is 2.88 bits per heavy atom. The lowest BCUT2D eigenvalue weighted by Gasteiger charge is -2.08. The molecule has 6 N–H and O–H groups in total. The SMILES string of the molecule is Cc1ncc(-c2ccc(CNCCCN=C(N)N)c(Cl)c2)c(=O)[nH]1. The fraction of sp³-hybridized carbons (Fsp3) is 0.312. The van der Waals surface area contributed by atoms with Crippen LogP contribution in [0.15, 0.2) is 34.2 Å². The van der Waals surface area contributed by atoms with Gasteiger partial charge in [-0.3, -0.25) is 9.79 Å². The van der Waals surface area contributed by atoms with Crippen LogP contribution >= 0.6 is 11.6 Å². The number of hydrogen-bond acceptors (Lipinski definition) is 4. The van der Waals surface area contributed by atoms with Gasteiger partial charge in [-0.25, -0.2) is 4.98 Å². The minimum atomic E-state index is -0.177. The number of H-pyrrole nitrogens is 1. The number of guanidine groups is 1. The van der Waals surface area contributed by atoms with Gasteiger partial charge in [0.05, 0.1) is 5.56 Å². The molecule has 0 spiro atoms. The molecule has 0 aliphatic heterocycles. The van der Waals surface area contributed by atoms with E-state index in [1.165, 1.54) is 0 Å². The van der Waals surface area contributed by atoms with E-state index in [4.69, 9.17) is 23.1 Å². The number of aliphatic imine (C=N–C) groups is 1. The van der Waals surface area contributed by atoms with Crippen LogP contribution in [-0.4, -0.2) is 29.0 Å². The van der Waals surface area contributed by atoms with Gasteiger partial charge in [-0.15, -0.1) is 0 Å². The highest BCUT2D eigenvalue weighted by Gasteiger charge is 2.07. The van der Waals surface area contributed by atoms with Crippen LogP contribution < -0.4 is 22.3 Å². The number of nitrogens with one attached hydrogen (secondary N) is 2. The van der Waals surface area contributed by atoms with Crippen LogP contribution in [0.3, 0.4) is 0 Å². The van der Waals surface area contributed by atoms with Crippen molar-refractivity contribution in [2.45, 2.75) is 19.9 Å². The molecule has 128 valence electrons. The smallest absolute Gasteiger partial charge is 0.258 e. The van der Waals surface area contributed by atoms with E-state index in [0.29, 0.717) is 29.5 Å². The summed E-state index contributed by atoms with van der Waals surface area (Å²) in [4.78, 5) is 22.7. The van der Waals surface area contributed by atoms with Crippen LogP contribution in [0.5, 0.6) is 0 Å². The highest BCUT2D eigenvalue weighted by molar-refractivity contribution is 6.31. The van der Waals surface area contributed by atoms with E-state index in [0.717, 1.165) is 24.1 Å². The van der Waals surface area contributed by atoms with Gasteiger partial charge >= 0.3 is 0 Å². The molecule has 1 aromatic heterocycles. The van der Waals surface area contributed by atoms with E-state index >= 15 is 0 Å². The molecule has 0 aliphatic rings. The van der Waals surface area contributed by atoms with Gasteiger partial charge in [-0.05, 0) is 37.1 Å². The molecule has 2 rings (SSSR count). The van der Waals surface area contributed by atoms with Gasteiger partial charge < -0.3 is 21.8 Å². The Hall–Kier alpha value is -2.38. The van der Waals surface area contributed by atoms with Crippen LogP contribution in [0.4, 0.5) is 0 Å². The van der Waals surface area contributed by atoms with Gasteiger partial charge in [-0.1, -0.05) is 23.7 Å². The van der Waals surface area contributed by atoms with Crippen molar-refractivity contribution in [1.29, 1.82) is 0 Å². The van der Waals surface area contributed by atoms with Crippen molar-refractivity contribution < 1.29 is 0 Å². The zero-order chi connectivity index (χ0) is 17.5. The van der Waals surface area contributed by atoms with E-state index in [9.17, 15) is 4.79 Å². The normalized spacial score (nSPS) is 10.6. The van der Waals surface area contributed by atoms with Crippen LogP contribution in [0, 0.1) is 6.92 Å². The molecule has 7 nitrogen and oxygen atoms in total.